The lowest BCUT2D eigenvalue weighted by Crippen LogP contribution is -2.36. The summed E-state index contributed by atoms with van der Waals surface area (Å²) in [5.74, 6) is -0.390. The average Bonchev–Trinajstić information content (AvgIpc) is 3.39. The van der Waals surface area contributed by atoms with E-state index in [1.54, 1.807) is 31.2 Å². The molecule has 166 valence electrons. The number of hydrogen-bond acceptors (Lipinski definition) is 4. The Balaban J connectivity index is 1.46. The molecule has 5 rings (SSSR count). The Morgan fingerprint density at radius 3 is 2.84 bits per heavy atom. The summed E-state index contributed by atoms with van der Waals surface area (Å²) in [6.45, 7) is 4.74. The highest BCUT2D eigenvalue weighted by Crippen LogP contribution is 2.42. The van der Waals surface area contributed by atoms with Crippen molar-refractivity contribution in [3.05, 3.63) is 69.9 Å². The molecule has 7 heteroatoms. The van der Waals surface area contributed by atoms with E-state index in [1.165, 1.54) is 33.8 Å². The molecule has 1 N–H and O–H groups in total. The largest absolute Gasteiger partial charge is 0.462 e. The summed E-state index contributed by atoms with van der Waals surface area (Å²) in [7, 11) is 0. The second-order valence-corrected chi connectivity index (χ2v) is 9.42. The standard InChI is InChI=1S/C25H27N3O3S/c1-3-31-24(29)17-8-6-9-18(14-17)26-25(30)28-15-20-19-10-4-5-12-22(19)32-23(20)27-13-7-11-21(27)16(28)2/h6-9,11,13-14,16H,3-5,10,12,15H2,1-2H3,(H,26,30)/t16-/m0/s1. The Kier molecular flexibility index (Phi) is 5.51. The molecular weight excluding hydrogens is 422 g/mol. The van der Waals surface area contributed by atoms with Crippen molar-refractivity contribution in [3.63, 3.8) is 0 Å². The number of urea groups is 1. The zero-order valence-electron chi connectivity index (χ0n) is 18.4. The van der Waals surface area contributed by atoms with Crippen LogP contribution in [0.3, 0.4) is 0 Å². The zero-order chi connectivity index (χ0) is 22.2. The maximum Gasteiger partial charge on any atom is 0.338 e. The Morgan fingerprint density at radius 2 is 2.00 bits per heavy atom. The van der Waals surface area contributed by atoms with Crippen molar-refractivity contribution in [2.24, 2.45) is 0 Å². The first-order valence-electron chi connectivity index (χ1n) is 11.2. The molecule has 0 fully saturated rings. The number of hydrogen-bond donors (Lipinski definition) is 1. The van der Waals surface area contributed by atoms with E-state index < -0.39 is 0 Å². The van der Waals surface area contributed by atoms with E-state index in [0.717, 1.165) is 18.5 Å². The lowest BCUT2D eigenvalue weighted by molar-refractivity contribution is 0.0526. The molecule has 1 aliphatic carbocycles. The molecule has 32 heavy (non-hydrogen) atoms. The SMILES string of the molecule is CCOC(=O)c1cccc(NC(=O)N2Cc3c(sc4c3CCCC4)-n3cccc3[C@@H]2C)c1. The number of rotatable bonds is 3. The number of aromatic nitrogens is 1. The van der Waals surface area contributed by atoms with Crippen molar-refractivity contribution in [1.82, 2.24) is 9.47 Å². The number of nitrogens with one attached hydrogen (secondary N) is 1. The second-order valence-electron chi connectivity index (χ2n) is 8.33. The summed E-state index contributed by atoms with van der Waals surface area (Å²) < 4.78 is 7.35. The molecule has 0 radical (unpaired) electrons. The van der Waals surface area contributed by atoms with Gasteiger partial charge in [-0.2, -0.15) is 0 Å². The first kappa shape index (κ1) is 20.8. The number of benzene rings is 1. The summed E-state index contributed by atoms with van der Waals surface area (Å²) >= 11 is 1.88. The molecule has 1 aliphatic heterocycles. The molecule has 6 nitrogen and oxygen atoms in total. The maximum atomic E-state index is 13.5. The van der Waals surface area contributed by atoms with Gasteiger partial charge in [-0.25, -0.2) is 9.59 Å². The van der Waals surface area contributed by atoms with Crippen LogP contribution in [0.2, 0.25) is 0 Å². The van der Waals surface area contributed by atoms with Crippen molar-refractivity contribution < 1.29 is 14.3 Å². The minimum Gasteiger partial charge on any atom is -0.462 e. The average molecular weight is 450 g/mol. The van der Waals surface area contributed by atoms with Gasteiger partial charge in [0.25, 0.3) is 0 Å². The number of esters is 1. The number of nitrogens with zero attached hydrogens (tertiary/aromatic N) is 2. The van der Waals surface area contributed by atoms with E-state index in [2.05, 4.69) is 35.1 Å². The Labute approximate surface area is 191 Å². The van der Waals surface area contributed by atoms with Crippen molar-refractivity contribution >= 4 is 29.0 Å². The van der Waals surface area contributed by atoms with Crippen LogP contribution in [0.25, 0.3) is 5.00 Å². The summed E-state index contributed by atoms with van der Waals surface area (Å²) in [4.78, 5) is 28.9. The molecule has 1 atom stereocenters. The highest BCUT2D eigenvalue weighted by molar-refractivity contribution is 7.15. The van der Waals surface area contributed by atoms with Crippen LogP contribution in [-0.2, 0) is 24.1 Å². The van der Waals surface area contributed by atoms with Gasteiger partial charge in [0.15, 0.2) is 0 Å². The highest BCUT2D eigenvalue weighted by Gasteiger charge is 2.33. The number of carbonyl (C=O) groups is 2. The van der Waals surface area contributed by atoms with E-state index in [0.29, 0.717) is 24.4 Å². The molecule has 0 saturated carbocycles. The predicted octanol–water partition coefficient (Wildman–Crippen LogP) is 5.70. The maximum absolute atomic E-state index is 13.5. The normalized spacial score (nSPS) is 17.1. The third-order valence-electron chi connectivity index (χ3n) is 6.37. The van der Waals surface area contributed by atoms with Crippen LogP contribution >= 0.6 is 11.3 Å². The third kappa shape index (κ3) is 3.60. The lowest BCUT2D eigenvalue weighted by atomic mass is 9.95. The van der Waals surface area contributed by atoms with E-state index in [-0.39, 0.29) is 18.0 Å². The van der Waals surface area contributed by atoms with E-state index in [9.17, 15) is 9.59 Å². The van der Waals surface area contributed by atoms with Crippen molar-refractivity contribution in [2.75, 3.05) is 11.9 Å². The van der Waals surface area contributed by atoms with Crippen LogP contribution in [0, 0.1) is 0 Å². The fourth-order valence-corrected chi connectivity index (χ4v) is 6.15. The Bertz CT molecular complexity index is 1180. The Morgan fingerprint density at radius 1 is 1.16 bits per heavy atom. The summed E-state index contributed by atoms with van der Waals surface area (Å²) in [5, 5.41) is 4.26. The number of amides is 2. The summed E-state index contributed by atoms with van der Waals surface area (Å²) in [6.07, 6.45) is 6.77. The van der Waals surface area contributed by atoms with Gasteiger partial charge in [-0.1, -0.05) is 6.07 Å². The van der Waals surface area contributed by atoms with E-state index in [4.69, 9.17) is 4.74 Å². The van der Waals surface area contributed by atoms with Crippen LogP contribution < -0.4 is 5.32 Å². The van der Waals surface area contributed by atoms with Gasteiger partial charge in [-0.05, 0) is 75.4 Å². The van der Waals surface area contributed by atoms with Crippen molar-refractivity contribution in [1.29, 1.82) is 0 Å². The van der Waals surface area contributed by atoms with Gasteiger partial charge in [0.1, 0.15) is 5.00 Å². The van der Waals surface area contributed by atoms with Crippen LogP contribution in [0.15, 0.2) is 42.6 Å². The molecular formula is C25H27N3O3S. The third-order valence-corrected chi connectivity index (χ3v) is 7.70. The quantitative estimate of drug-likeness (QED) is 0.522. The lowest BCUT2D eigenvalue weighted by Gasteiger charge is -2.28. The minimum atomic E-state index is -0.390. The van der Waals surface area contributed by atoms with Crippen LogP contribution in [-0.4, -0.2) is 28.1 Å². The number of carbonyl (C=O) groups excluding carboxylic acids is 2. The van der Waals surface area contributed by atoms with Gasteiger partial charge in [0, 0.05) is 28.0 Å². The molecule has 2 aromatic heterocycles. The fourth-order valence-electron chi connectivity index (χ4n) is 4.74. The number of aryl methyl sites for hydroxylation is 1. The topological polar surface area (TPSA) is 63.6 Å². The van der Waals surface area contributed by atoms with Gasteiger partial charge in [-0.3, -0.25) is 0 Å². The number of fused-ring (bicyclic) bond motifs is 5. The molecule has 0 spiro atoms. The summed E-state index contributed by atoms with van der Waals surface area (Å²) in [5.41, 5.74) is 4.84. The number of ether oxygens (including phenoxy) is 1. The number of anilines is 1. The second kappa shape index (κ2) is 8.47. The molecule has 3 aromatic rings. The van der Waals surface area contributed by atoms with Gasteiger partial charge in [-0.15, -0.1) is 11.3 Å². The van der Waals surface area contributed by atoms with Crippen LogP contribution in [0.5, 0.6) is 0 Å². The molecule has 0 saturated heterocycles. The minimum absolute atomic E-state index is 0.0860. The van der Waals surface area contributed by atoms with E-state index >= 15 is 0 Å². The molecule has 3 heterocycles. The van der Waals surface area contributed by atoms with Crippen LogP contribution in [0.1, 0.15) is 64.8 Å². The molecule has 2 aliphatic rings. The fraction of sp³-hybridized carbons (Fsp3) is 0.360. The predicted molar refractivity (Wildman–Crippen MR) is 126 cm³/mol. The zero-order valence-corrected chi connectivity index (χ0v) is 19.2. The van der Waals surface area contributed by atoms with Gasteiger partial charge < -0.3 is 19.5 Å². The van der Waals surface area contributed by atoms with Crippen LogP contribution in [0.4, 0.5) is 10.5 Å². The molecule has 2 amide bonds. The summed E-state index contributed by atoms with van der Waals surface area (Å²) in [6, 6.07) is 10.8. The number of thiophene rings is 1. The smallest absolute Gasteiger partial charge is 0.338 e. The van der Waals surface area contributed by atoms with Gasteiger partial charge in [0.05, 0.1) is 24.8 Å². The van der Waals surface area contributed by atoms with Crippen molar-refractivity contribution in [3.8, 4) is 5.00 Å². The molecule has 0 unspecified atom stereocenters. The van der Waals surface area contributed by atoms with E-state index in [1.807, 2.05) is 16.2 Å². The highest BCUT2D eigenvalue weighted by atomic mass is 32.1. The molecule has 1 aromatic carbocycles. The molecule has 0 bridgehead atoms. The Hall–Kier alpha value is -3.06. The first-order valence-corrected chi connectivity index (χ1v) is 12.0. The monoisotopic (exact) mass is 449 g/mol. The van der Waals surface area contributed by atoms with Crippen molar-refractivity contribution in [2.45, 2.75) is 52.1 Å². The van der Waals surface area contributed by atoms with Gasteiger partial charge in [0.2, 0.25) is 0 Å². The first-order chi connectivity index (χ1) is 15.6. The van der Waals surface area contributed by atoms with Gasteiger partial charge >= 0.3 is 12.0 Å².